The minimum absolute atomic E-state index is 0.178. The zero-order valence-electron chi connectivity index (χ0n) is 10.2. The van der Waals surface area contributed by atoms with Crippen LogP contribution in [0, 0.1) is 5.92 Å². The predicted molar refractivity (Wildman–Crippen MR) is 63.0 cm³/mol. The molecule has 2 nitrogen and oxygen atoms in total. The molecule has 2 heteroatoms. The average molecular weight is 211 g/mol. The largest absolute Gasteiger partial charge is 0.377 e. The second-order valence-corrected chi connectivity index (χ2v) is 5.35. The zero-order valence-corrected chi connectivity index (χ0v) is 10.2. The number of rotatable bonds is 5. The van der Waals surface area contributed by atoms with E-state index >= 15 is 0 Å². The van der Waals surface area contributed by atoms with Crippen LogP contribution in [-0.2, 0) is 4.74 Å². The van der Waals surface area contributed by atoms with Crippen molar-refractivity contribution in [2.24, 2.45) is 5.92 Å². The molecule has 0 amide bonds. The molecule has 2 aliphatic carbocycles. The molecule has 2 saturated carbocycles. The fourth-order valence-electron chi connectivity index (χ4n) is 3.40. The molecule has 2 aliphatic rings. The first kappa shape index (κ1) is 11.4. The van der Waals surface area contributed by atoms with Crippen molar-refractivity contribution in [3.8, 4) is 0 Å². The van der Waals surface area contributed by atoms with Gasteiger partial charge in [0.25, 0.3) is 0 Å². The minimum atomic E-state index is 0.178. The van der Waals surface area contributed by atoms with Crippen LogP contribution in [0.3, 0.4) is 0 Å². The lowest BCUT2D eigenvalue weighted by Crippen LogP contribution is -2.56. The Bertz CT molecular complexity index is 189. The van der Waals surface area contributed by atoms with Crippen molar-refractivity contribution in [2.45, 2.75) is 63.0 Å². The molecule has 0 radical (unpaired) electrons. The van der Waals surface area contributed by atoms with Gasteiger partial charge in [-0.3, -0.25) is 0 Å². The first-order valence-electron chi connectivity index (χ1n) is 6.53. The Morgan fingerprint density at radius 2 is 1.93 bits per heavy atom. The number of hydrogen-bond donors (Lipinski definition) is 1. The molecule has 1 N–H and O–H groups in total. The number of nitrogens with one attached hydrogen (secondary N) is 1. The van der Waals surface area contributed by atoms with E-state index in [9.17, 15) is 0 Å². The summed E-state index contributed by atoms with van der Waals surface area (Å²) in [4.78, 5) is 0. The number of methoxy groups -OCH3 is 1. The van der Waals surface area contributed by atoms with Gasteiger partial charge >= 0.3 is 0 Å². The fourth-order valence-corrected chi connectivity index (χ4v) is 3.40. The standard InChI is InChI=1S/C13H25NO/c1-14-12(10-11-6-3-4-7-11)13(15-2)8-5-9-13/h11-12,14H,3-10H2,1-2H3. The molecule has 88 valence electrons. The van der Waals surface area contributed by atoms with Crippen molar-refractivity contribution in [1.29, 1.82) is 0 Å². The van der Waals surface area contributed by atoms with Gasteiger partial charge in [0, 0.05) is 13.2 Å². The quantitative estimate of drug-likeness (QED) is 0.755. The van der Waals surface area contributed by atoms with E-state index in [0.717, 1.165) is 5.92 Å². The first-order valence-corrected chi connectivity index (χ1v) is 6.53. The van der Waals surface area contributed by atoms with E-state index < -0.39 is 0 Å². The third-order valence-corrected chi connectivity index (χ3v) is 4.63. The minimum Gasteiger partial charge on any atom is -0.377 e. The van der Waals surface area contributed by atoms with Gasteiger partial charge in [-0.2, -0.15) is 0 Å². The lowest BCUT2D eigenvalue weighted by Gasteiger charge is -2.47. The monoisotopic (exact) mass is 211 g/mol. The summed E-state index contributed by atoms with van der Waals surface area (Å²) < 4.78 is 5.77. The summed E-state index contributed by atoms with van der Waals surface area (Å²) in [5.41, 5.74) is 0.178. The van der Waals surface area contributed by atoms with Crippen LogP contribution in [0.25, 0.3) is 0 Å². The van der Waals surface area contributed by atoms with E-state index in [1.54, 1.807) is 0 Å². The molecular formula is C13H25NO. The highest BCUT2D eigenvalue weighted by atomic mass is 16.5. The summed E-state index contributed by atoms with van der Waals surface area (Å²) in [6.45, 7) is 0. The first-order chi connectivity index (χ1) is 7.30. The van der Waals surface area contributed by atoms with Crippen LogP contribution in [-0.4, -0.2) is 25.8 Å². The molecule has 1 unspecified atom stereocenters. The summed E-state index contributed by atoms with van der Waals surface area (Å²) in [5.74, 6) is 0.954. The summed E-state index contributed by atoms with van der Waals surface area (Å²) in [7, 11) is 3.98. The molecular weight excluding hydrogens is 186 g/mol. The third-order valence-electron chi connectivity index (χ3n) is 4.63. The van der Waals surface area contributed by atoms with E-state index in [-0.39, 0.29) is 5.60 Å². The highest BCUT2D eigenvalue weighted by Crippen LogP contribution is 2.41. The molecule has 0 aromatic heterocycles. The maximum atomic E-state index is 5.77. The van der Waals surface area contributed by atoms with Gasteiger partial charge < -0.3 is 10.1 Å². The average Bonchev–Trinajstić information content (AvgIpc) is 2.68. The topological polar surface area (TPSA) is 21.3 Å². The number of likely N-dealkylation sites (N-methyl/N-ethyl adjacent to an activating group) is 1. The fraction of sp³-hybridized carbons (Fsp3) is 1.00. The van der Waals surface area contributed by atoms with Crippen molar-refractivity contribution < 1.29 is 4.74 Å². The maximum Gasteiger partial charge on any atom is 0.0831 e. The van der Waals surface area contributed by atoms with E-state index in [4.69, 9.17) is 4.74 Å². The molecule has 0 aromatic carbocycles. The van der Waals surface area contributed by atoms with E-state index in [1.807, 2.05) is 7.11 Å². The molecule has 1 atom stereocenters. The van der Waals surface area contributed by atoms with Crippen molar-refractivity contribution in [3.63, 3.8) is 0 Å². The zero-order chi connectivity index (χ0) is 10.7. The summed E-state index contributed by atoms with van der Waals surface area (Å²) >= 11 is 0. The van der Waals surface area contributed by atoms with Gasteiger partial charge in [0.05, 0.1) is 5.60 Å². The molecule has 0 spiro atoms. The Morgan fingerprint density at radius 3 is 2.33 bits per heavy atom. The normalized spacial score (nSPS) is 27.6. The lowest BCUT2D eigenvalue weighted by molar-refractivity contribution is -0.101. The second kappa shape index (κ2) is 4.84. The van der Waals surface area contributed by atoms with Gasteiger partial charge in [-0.15, -0.1) is 0 Å². The van der Waals surface area contributed by atoms with Crippen LogP contribution >= 0.6 is 0 Å². The molecule has 2 rings (SSSR count). The van der Waals surface area contributed by atoms with Crippen LogP contribution in [0.5, 0.6) is 0 Å². The Morgan fingerprint density at radius 1 is 1.27 bits per heavy atom. The molecule has 2 fully saturated rings. The van der Waals surface area contributed by atoms with Crippen LogP contribution in [0.15, 0.2) is 0 Å². The summed E-state index contributed by atoms with van der Waals surface area (Å²) in [6, 6.07) is 0.583. The summed E-state index contributed by atoms with van der Waals surface area (Å²) in [6.07, 6.45) is 10.9. The molecule has 0 aromatic rings. The van der Waals surface area contributed by atoms with E-state index in [2.05, 4.69) is 12.4 Å². The van der Waals surface area contributed by atoms with Crippen molar-refractivity contribution in [2.75, 3.05) is 14.2 Å². The van der Waals surface area contributed by atoms with Crippen LogP contribution in [0.2, 0.25) is 0 Å². The van der Waals surface area contributed by atoms with E-state index in [0.29, 0.717) is 6.04 Å². The van der Waals surface area contributed by atoms with Gasteiger partial charge in [-0.05, 0) is 38.6 Å². The Hall–Kier alpha value is -0.0800. The molecule has 0 aliphatic heterocycles. The van der Waals surface area contributed by atoms with Gasteiger partial charge in [0.1, 0.15) is 0 Å². The molecule has 0 heterocycles. The molecule has 15 heavy (non-hydrogen) atoms. The predicted octanol–water partition coefficient (Wildman–Crippen LogP) is 2.72. The van der Waals surface area contributed by atoms with Crippen molar-refractivity contribution in [1.82, 2.24) is 5.32 Å². The van der Waals surface area contributed by atoms with Crippen molar-refractivity contribution in [3.05, 3.63) is 0 Å². The molecule has 0 bridgehead atoms. The van der Waals surface area contributed by atoms with Crippen molar-refractivity contribution >= 4 is 0 Å². The highest BCUT2D eigenvalue weighted by molar-refractivity contribution is 5.00. The van der Waals surface area contributed by atoms with Crippen LogP contribution in [0.4, 0.5) is 0 Å². The third kappa shape index (κ3) is 2.21. The highest BCUT2D eigenvalue weighted by Gasteiger charge is 2.44. The SMILES string of the molecule is CNC(CC1CCCC1)C1(OC)CCC1. The Labute approximate surface area is 93.8 Å². The van der Waals surface area contributed by atoms with Gasteiger partial charge in [-0.1, -0.05) is 25.7 Å². The summed E-state index contributed by atoms with van der Waals surface area (Å²) in [5, 5.41) is 3.50. The lowest BCUT2D eigenvalue weighted by atomic mass is 9.72. The van der Waals surface area contributed by atoms with E-state index in [1.165, 1.54) is 51.4 Å². The molecule has 0 saturated heterocycles. The Kier molecular flexibility index (Phi) is 3.68. The van der Waals surface area contributed by atoms with Crippen LogP contribution < -0.4 is 5.32 Å². The number of hydrogen-bond acceptors (Lipinski definition) is 2. The number of ether oxygens (including phenoxy) is 1. The van der Waals surface area contributed by atoms with Gasteiger partial charge in [-0.25, -0.2) is 0 Å². The maximum absolute atomic E-state index is 5.77. The van der Waals surface area contributed by atoms with Gasteiger partial charge in [0.15, 0.2) is 0 Å². The van der Waals surface area contributed by atoms with Crippen LogP contribution in [0.1, 0.15) is 51.4 Å². The van der Waals surface area contributed by atoms with Gasteiger partial charge in [0.2, 0.25) is 0 Å². The smallest absolute Gasteiger partial charge is 0.0831 e. The second-order valence-electron chi connectivity index (χ2n) is 5.35. The Balaban J connectivity index is 1.90.